The molecule has 4 heteroatoms. The van der Waals surface area contributed by atoms with E-state index in [2.05, 4.69) is 20.9 Å². The second-order valence-electron chi connectivity index (χ2n) is 2.78. The normalized spacial score (nSPS) is 14.2. The first kappa shape index (κ1) is 8.56. The second kappa shape index (κ2) is 3.38. The minimum absolute atomic E-state index is 0.551. The van der Waals surface area contributed by atoms with Gasteiger partial charge in [-0.2, -0.15) is 0 Å². The molecule has 1 aliphatic rings. The Balaban J connectivity index is 2.16. The number of rotatable bonds is 2. The highest BCUT2D eigenvalue weighted by molar-refractivity contribution is 9.10. The minimum Gasteiger partial charge on any atom is -0.489 e. The molecular formula is C9H8BrNO2. The van der Waals surface area contributed by atoms with Crippen LogP contribution < -0.4 is 4.74 Å². The van der Waals surface area contributed by atoms with Gasteiger partial charge in [-0.1, -0.05) is 0 Å². The van der Waals surface area contributed by atoms with E-state index in [0.29, 0.717) is 6.61 Å². The highest BCUT2D eigenvalue weighted by Crippen LogP contribution is 2.21. The standard InChI is InChI=1S/C9H8BrNO2/c1-6-2-7(3-11-9(6)10)13-8-4-12-5-8/h2-4H,5H2,1H3. The second-order valence-corrected chi connectivity index (χ2v) is 3.53. The summed E-state index contributed by atoms with van der Waals surface area (Å²) in [6.45, 7) is 2.52. The first-order chi connectivity index (χ1) is 6.25. The Morgan fingerprint density at radius 3 is 2.92 bits per heavy atom. The molecule has 0 amide bonds. The summed E-state index contributed by atoms with van der Waals surface area (Å²) in [6, 6.07) is 1.93. The van der Waals surface area contributed by atoms with Gasteiger partial charge in [0.25, 0.3) is 0 Å². The van der Waals surface area contributed by atoms with Crippen LogP contribution in [-0.4, -0.2) is 11.6 Å². The van der Waals surface area contributed by atoms with Gasteiger partial charge in [-0.15, -0.1) is 0 Å². The molecule has 0 fully saturated rings. The van der Waals surface area contributed by atoms with E-state index in [-0.39, 0.29) is 0 Å². The highest BCUT2D eigenvalue weighted by Gasteiger charge is 2.10. The zero-order valence-corrected chi connectivity index (χ0v) is 8.67. The molecule has 0 radical (unpaired) electrons. The SMILES string of the molecule is Cc1cc(OC2=COC2)cnc1Br. The van der Waals surface area contributed by atoms with Crippen molar-refractivity contribution in [2.45, 2.75) is 6.92 Å². The molecule has 0 N–H and O–H groups in total. The van der Waals surface area contributed by atoms with E-state index in [1.807, 2.05) is 13.0 Å². The number of hydrogen-bond donors (Lipinski definition) is 0. The van der Waals surface area contributed by atoms with Crippen LogP contribution in [0.3, 0.4) is 0 Å². The van der Waals surface area contributed by atoms with E-state index < -0.39 is 0 Å². The fourth-order valence-electron chi connectivity index (χ4n) is 0.944. The van der Waals surface area contributed by atoms with Crippen molar-refractivity contribution < 1.29 is 9.47 Å². The molecule has 3 nitrogen and oxygen atoms in total. The Kier molecular flexibility index (Phi) is 2.22. The van der Waals surface area contributed by atoms with Crippen molar-refractivity contribution >= 4 is 15.9 Å². The molecule has 13 heavy (non-hydrogen) atoms. The van der Waals surface area contributed by atoms with Crippen LogP contribution in [0, 0.1) is 6.92 Å². The van der Waals surface area contributed by atoms with Crippen molar-refractivity contribution in [2.24, 2.45) is 0 Å². The summed E-state index contributed by atoms with van der Waals surface area (Å²) < 4.78 is 11.1. The fourth-order valence-corrected chi connectivity index (χ4v) is 1.16. The molecule has 0 aliphatic carbocycles. The third-order valence-corrected chi connectivity index (χ3v) is 2.51. The van der Waals surface area contributed by atoms with Crippen LogP contribution in [0.5, 0.6) is 5.75 Å². The van der Waals surface area contributed by atoms with E-state index in [0.717, 1.165) is 21.7 Å². The van der Waals surface area contributed by atoms with E-state index in [4.69, 9.17) is 9.47 Å². The summed E-state index contributed by atoms with van der Waals surface area (Å²) in [4.78, 5) is 4.11. The molecular weight excluding hydrogens is 234 g/mol. The quantitative estimate of drug-likeness (QED) is 0.746. The van der Waals surface area contributed by atoms with Crippen LogP contribution in [0.25, 0.3) is 0 Å². The van der Waals surface area contributed by atoms with Crippen molar-refractivity contribution in [1.82, 2.24) is 4.98 Å². The van der Waals surface area contributed by atoms with Crippen molar-refractivity contribution in [3.8, 4) is 5.75 Å². The molecule has 0 saturated heterocycles. The largest absolute Gasteiger partial charge is 0.489 e. The number of nitrogens with zero attached hydrogens (tertiary/aromatic N) is 1. The van der Waals surface area contributed by atoms with Crippen LogP contribution in [-0.2, 0) is 4.74 Å². The Morgan fingerprint density at radius 1 is 1.62 bits per heavy atom. The number of ether oxygens (including phenoxy) is 2. The van der Waals surface area contributed by atoms with Gasteiger partial charge in [-0.05, 0) is 34.5 Å². The zero-order valence-electron chi connectivity index (χ0n) is 7.08. The Bertz CT molecular complexity index is 363. The number of aryl methyl sites for hydroxylation is 1. The molecule has 0 aromatic carbocycles. The molecule has 0 spiro atoms. The summed E-state index contributed by atoms with van der Waals surface area (Å²) in [5, 5.41) is 0. The molecule has 2 rings (SSSR count). The zero-order chi connectivity index (χ0) is 9.26. The lowest BCUT2D eigenvalue weighted by Crippen LogP contribution is -2.11. The topological polar surface area (TPSA) is 31.4 Å². The van der Waals surface area contributed by atoms with E-state index in [1.54, 1.807) is 12.5 Å². The van der Waals surface area contributed by atoms with Crippen LogP contribution >= 0.6 is 15.9 Å². The van der Waals surface area contributed by atoms with Crippen molar-refractivity contribution in [1.29, 1.82) is 0 Å². The average molecular weight is 242 g/mol. The van der Waals surface area contributed by atoms with E-state index in [1.165, 1.54) is 0 Å². The molecule has 1 aromatic heterocycles. The Morgan fingerprint density at radius 2 is 2.38 bits per heavy atom. The highest BCUT2D eigenvalue weighted by atomic mass is 79.9. The summed E-state index contributed by atoms with van der Waals surface area (Å²) in [5.74, 6) is 1.58. The monoisotopic (exact) mass is 241 g/mol. The first-order valence-corrected chi connectivity index (χ1v) is 4.65. The van der Waals surface area contributed by atoms with Gasteiger partial charge in [0.1, 0.15) is 23.2 Å². The van der Waals surface area contributed by atoms with Gasteiger partial charge in [0.05, 0.1) is 6.20 Å². The van der Waals surface area contributed by atoms with Crippen LogP contribution in [0.1, 0.15) is 5.56 Å². The molecule has 0 bridgehead atoms. The smallest absolute Gasteiger partial charge is 0.176 e. The third-order valence-electron chi connectivity index (χ3n) is 1.68. The van der Waals surface area contributed by atoms with Crippen molar-refractivity contribution in [2.75, 3.05) is 6.61 Å². The summed E-state index contributed by atoms with van der Waals surface area (Å²) in [6.07, 6.45) is 3.27. The van der Waals surface area contributed by atoms with Gasteiger partial charge < -0.3 is 9.47 Å². The molecule has 0 unspecified atom stereocenters. The number of hydrogen-bond acceptors (Lipinski definition) is 3. The van der Waals surface area contributed by atoms with Gasteiger partial charge >= 0.3 is 0 Å². The predicted molar refractivity (Wildman–Crippen MR) is 51.3 cm³/mol. The number of halogens is 1. The molecule has 68 valence electrons. The summed E-state index contributed by atoms with van der Waals surface area (Å²) in [7, 11) is 0. The van der Waals surface area contributed by atoms with Gasteiger partial charge in [-0.25, -0.2) is 4.98 Å². The van der Waals surface area contributed by atoms with Crippen LogP contribution in [0.2, 0.25) is 0 Å². The number of pyridine rings is 1. The maximum atomic E-state index is 5.44. The van der Waals surface area contributed by atoms with Crippen molar-refractivity contribution in [3.63, 3.8) is 0 Å². The maximum absolute atomic E-state index is 5.44. The fraction of sp³-hybridized carbons (Fsp3) is 0.222. The van der Waals surface area contributed by atoms with Crippen LogP contribution in [0.4, 0.5) is 0 Å². The minimum atomic E-state index is 0.551. The van der Waals surface area contributed by atoms with Gasteiger partial charge in [-0.3, -0.25) is 0 Å². The predicted octanol–water partition coefficient (Wildman–Crippen LogP) is 2.40. The molecule has 2 heterocycles. The lowest BCUT2D eigenvalue weighted by molar-refractivity contribution is 0.155. The maximum Gasteiger partial charge on any atom is 0.176 e. The first-order valence-electron chi connectivity index (χ1n) is 3.86. The van der Waals surface area contributed by atoms with Gasteiger partial charge in [0.15, 0.2) is 5.76 Å². The molecule has 0 saturated carbocycles. The third kappa shape index (κ3) is 1.83. The Hall–Kier alpha value is -1.03. The van der Waals surface area contributed by atoms with Gasteiger partial charge in [0, 0.05) is 0 Å². The Labute approximate surface area is 84.5 Å². The summed E-state index contributed by atoms with van der Waals surface area (Å²) in [5.41, 5.74) is 1.05. The van der Waals surface area contributed by atoms with Crippen molar-refractivity contribution in [3.05, 3.63) is 34.5 Å². The lowest BCUT2D eigenvalue weighted by atomic mass is 10.3. The summed E-state index contributed by atoms with van der Waals surface area (Å²) >= 11 is 3.32. The molecule has 1 aromatic rings. The van der Waals surface area contributed by atoms with E-state index >= 15 is 0 Å². The average Bonchev–Trinajstić information content (AvgIpc) is 2.04. The number of aromatic nitrogens is 1. The lowest BCUT2D eigenvalue weighted by Gasteiger charge is -2.16. The van der Waals surface area contributed by atoms with Crippen LogP contribution in [0.15, 0.2) is 28.9 Å². The molecule has 0 atom stereocenters. The van der Waals surface area contributed by atoms with E-state index in [9.17, 15) is 0 Å². The van der Waals surface area contributed by atoms with Gasteiger partial charge in [0.2, 0.25) is 0 Å². The molecule has 1 aliphatic heterocycles.